The largest absolute Gasteiger partial charge is 0.451 e. The van der Waals surface area contributed by atoms with E-state index in [1.54, 1.807) is 0 Å². The molecule has 0 aromatic carbocycles. The Balaban J connectivity index is 4.35. The molecule has 0 rings (SSSR count). The summed E-state index contributed by atoms with van der Waals surface area (Å²) >= 11 is 21.0. The number of carbonyl (C=O) groups is 1. The van der Waals surface area contributed by atoms with Crippen molar-refractivity contribution in [1.29, 1.82) is 0 Å². The lowest BCUT2D eigenvalue weighted by molar-refractivity contribution is 0.182. The highest BCUT2D eigenvalue weighted by Crippen LogP contribution is 2.29. The first-order chi connectivity index (χ1) is 4.88. The minimum Gasteiger partial charge on any atom is -0.451 e. The average Bonchev–Trinajstić information content (AvgIpc) is 1.85. The van der Waals surface area contributed by atoms with Gasteiger partial charge in [0, 0.05) is 0 Å². The highest BCUT2D eigenvalue weighted by molar-refractivity contribution is 6.89. The van der Waals surface area contributed by atoms with Gasteiger partial charge in [-0.25, -0.2) is 4.79 Å². The number of nitrogens with zero attached hydrogens (tertiary/aromatic N) is 1. The number of amides is 1. The van der Waals surface area contributed by atoms with E-state index in [0.29, 0.717) is 0 Å². The van der Waals surface area contributed by atoms with E-state index in [4.69, 9.17) is 46.4 Å². The van der Waals surface area contributed by atoms with Crippen LogP contribution in [0.3, 0.4) is 0 Å². The smallest absolute Gasteiger partial charge is 0.434 e. The predicted molar refractivity (Wildman–Crippen MR) is 46.0 cm³/mol. The summed E-state index contributed by atoms with van der Waals surface area (Å²) in [5.74, 6) is 0. The molecule has 0 unspecified atom stereocenters. The molecule has 0 bridgehead atoms. The molecule has 0 aromatic rings. The van der Waals surface area contributed by atoms with E-state index in [-0.39, 0.29) is 0 Å². The lowest BCUT2D eigenvalue weighted by Crippen LogP contribution is -2.14. The highest BCUT2D eigenvalue weighted by atomic mass is 35.6. The molecule has 0 radical (unpaired) electrons. The van der Waals surface area contributed by atoms with E-state index in [2.05, 4.69) is 9.73 Å². The molecule has 7 heteroatoms. The second-order valence-electron chi connectivity index (χ2n) is 1.37. The molecule has 11 heavy (non-hydrogen) atoms. The zero-order valence-electron chi connectivity index (χ0n) is 5.28. The van der Waals surface area contributed by atoms with E-state index in [9.17, 15) is 4.79 Å². The second kappa shape index (κ2) is 4.36. The number of hydrogen-bond donors (Lipinski definition) is 0. The fraction of sp³-hybridized carbons (Fsp3) is 0.500. The number of carbonyl (C=O) groups excluding carboxylic acids is 1. The summed E-state index contributed by atoms with van der Waals surface area (Å²) < 4.78 is 2.25. The molecule has 64 valence electrons. The van der Waals surface area contributed by atoms with Gasteiger partial charge in [-0.3, -0.25) is 0 Å². The van der Waals surface area contributed by atoms with Gasteiger partial charge in [0.1, 0.15) is 0 Å². The number of aliphatic imine (C=N–C) groups is 1. The monoisotopic (exact) mass is 237 g/mol. The molecule has 3 nitrogen and oxygen atoms in total. The standard InChI is InChI=1S/C4H3Cl4NO2/c1-11-3(10)9-2(5)4(6,7)8/h1H3/b9-2+. The molecule has 1 amide bonds. The Hall–Kier alpha value is 0.300. The minimum absolute atomic E-state index is 0.450. The van der Waals surface area contributed by atoms with E-state index in [1.807, 2.05) is 0 Å². The Labute approximate surface area is 83.2 Å². The number of alkyl halides is 3. The lowest BCUT2D eigenvalue weighted by Gasteiger charge is -2.05. The van der Waals surface area contributed by atoms with Crippen molar-refractivity contribution in [1.82, 2.24) is 0 Å². The van der Waals surface area contributed by atoms with Gasteiger partial charge in [0.15, 0.2) is 5.17 Å². The van der Waals surface area contributed by atoms with E-state index >= 15 is 0 Å². The number of halogens is 4. The maximum atomic E-state index is 10.4. The molecule has 0 heterocycles. The molecule has 0 aliphatic heterocycles. The Morgan fingerprint density at radius 3 is 2.18 bits per heavy atom. The van der Waals surface area contributed by atoms with E-state index < -0.39 is 15.1 Å². The van der Waals surface area contributed by atoms with Crippen molar-refractivity contribution in [3.63, 3.8) is 0 Å². The van der Waals surface area contributed by atoms with Crippen LogP contribution in [0.15, 0.2) is 4.99 Å². The summed E-state index contributed by atoms with van der Waals surface area (Å²) in [5.41, 5.74) is 0. The Bertz CT molecular complexity index is 185. The van der Waals surface area contributed by atoms with E-state index in [1.165, 1.54) is 0 Å². The van der Waals surface area contributed by atoms with Gasteiger partial charge < -0.3 is 4.74 Å². The van der Waals surface area contributed by atoms with Gasteiger partial charge in [0.05, 0.1) is 7.11 Å². The summed E-state index contributed by atoms with van der Waals surface area (Å²) in [6, 6.07) is 0. The van der Waals surface area contributed by atoms with Crippen LogP contribution < -0.4 is 0 Å². The quantitative estimate of drug-likeness (QED) is 0.481. The van der Waals surface area contributed by atoms with Gasteiger partial charge in [-0.05, 0) is 0 Å². The first-order valence-electron chi connectivity index (χ1n) is 2.27. The van der Waals surface area contributed by atoms with Gasteiger partial charge in [-0.2, -0.15) is 4.99 Å². The first kappa shape index (κ1) is 11.3. The molecule has 0 aliphatic carbocycles. The third kappa shape index (κ3) is 4.69. The summed E-state index contributed by atoms with van der Waals surface area (Å²) in [6.45, 7) is 0. The van der Waals surface area contributed by atoms with Crippen LogP contribution in [0.2, 0.25) is 0 Å². The van der Waals surface area contributed by atoms with Crippen LogP contribution in [0.1, 0.15) is 0 Å². The number of ether oxygens (including phenoxy) is 1. The third-order valence-electron chi connectivity index (χ3n) is 0.598. The second-order valence-corrected chi connectivity index (χ2v) is 4.01. The van der Waals surface area contributed by atoms with E-state index in [0.717, 1.165) is 7.11 Å². The van der Waals surface area contributed by atoms with Crippen LogP contribution in [0.4, 0.5) is 4.79 Å². The topological polar surface area (TPSA) is 38.7 Å². The van der Waals surface area contributed by atoms with Crippen molar-refractivity contribution in [2.45, 2.75) is 3.79 Å². The maximum Gasteiger partial charge on any atom is 0.434 e. The molecule has 0 fully saturated rings. The average molecular weight is 239 g/mol. The van der Waals surface area contributed by atoms with Crippen molar-refractivity contribution in [3.8, 4) is 0 Å². The summed E-state index contributed by atoms with van der Waals surface area (Å²) in [7, 11) is 1.13. The predicted octanol–water partition coefficient (Wildman–Crippen LogP) is 2.76. The van der Waals surface area contributed by atoms with Crippen LogP contribution in [-0.4, -0.2) is 22.2 Å². The zero-order chi connectivity index (χ0) is 9.07. The Morgan fingerprint density at radius 2 is 1.91 bits per heavy atom. The molecule has 0 saturated heterocycles. The number of methoxy groups -OCH3 is 1. The molecule has 0 N–H and O–H groups in total. The molecule has 0 aliphatic rings. The van der Waals surface area contributed by atoms with Crippen molar-refractivity contribution in [3.05, 3.63) is 0 Å². The van der Waals surface area contributed by atoms with Gasteiger partial charge in [0.25, 0.3) is 0 Å². The zero-order valence-corrected chi connectivity index (χ0v) is 8.30. The molecule has 0 aromatic heterocycles. The Morgan fingerprint density at radius 1 is 1.45 bits per heavy atom. The highest BCUT2D eigenvalue weighted by Gasteiger charge is 2.27. The molecule has 0 atom stereocenters. The summed E-state index contributed by atoms with van der Waals surface area (Å²) in [6.07, 6.45) is -0.915. The van der Waals surface area contributed by atoms with Gasteiger partial charge in [-0.1, -0.05) is 46.4 Å². The van der Waals surface area contributed by atoms with Crippen LogP contribution in [-0.2, 0) is 4.74 Å². The van der Waals surface area contributed by atoms with Crippen LogP contribution in [0.5, 0.6) is 0 Å². The number of hydrogen-bond acceptors (Lipinski definition) is 2. The van der Waals surface area contributed by atoms with Crippen LogP contribution >= 0.6 is 46.4 Å². The Kier molecular flexibility index (Phi) is 4.48. The lowest BCUT2D eigenvalue weighted by atomic mass is 10.8. The SMILES string of the molecule is COC(=O)/N=C(/Cl)C(Cl)(Cl)Cl. The van der Waals surface area contributed by atoms with Crippen molar-refractivity contribution < 1.29 is 9.53 Å². The molecular weight excluding hydrogens is 236 g/mol. The fourth-order valence-corrected chi connectivity index (χ4v) is 0.385. The number of rotatable bonds is 0. The molecule has 0 saturated carbocycles. The minimum atomic E-state index is -1.88. The molecule has 0 spiro atoms. The third-order valence-corrected chi connectivity index (χ3v) is 1.79. The summed E-state index contributed by atoms with van der Waals surface area (Å²) in [4.78, 5) is 13.5. The van der Waals surface area contributed by atoms with Crippen LogP contribution in [0.25, 0.3) is 0 Å². The maximum absolute atomic E-state index is 10.4. The van der Waals surface area contributed by atoms with Crippen molar-refractivity contribution >= 4 is 57.7 Å². The van der Waals surface area contributed by atoms with Gasteiger partial charge in [0.2, 0.25) is 3.79 Å². The fourth-order valence-electron chi connectivity index (χ4n) is 0.189. The van der Waals surface area contributed by atoms with Gasteiger partial charge >= 0.3 is 6.09 Å². The van der Waals surface area contributed by atoms with Gasteiger partial charge in [-0.15, -0.1) is 0 Å². The van der Waals surface area contributed by atoms with Crippen molar-refractivity contribution in [2.75, 3.05) is 7.11 Å². The first-order valence-corrected chi connectivity index (χ1v) is 3.78. The summed E-state index contributed by atoms with van der Waals surface area (Å²) in [5, 5.41) is -0.450. The molecular formula is C4H3Cl4NO2. The normalized spacial score (nSPS) is 13.0. The van der Waals surface area contributed by atoms with Crippen LogP contribution in [0, 0.1) is 0 Å². The van der Waals surface area contributed by atoms with Crippen molar-refractivity contribution in [2.24, 2.45) is 4.99 Å².